The summed E-state index contributed by atoms with van der Waals surface area (Å²) in [5, 5.41) is 4.07. The monoisotopic (exact) mass is 1640 g/mol. The first-order valence-corrected chi connectivity index (χ1v) is 51.6. The Balaban J connectivity index is 0.000000195. The van der Waals surface area contributed by atoms with E-state index in [1.807, 2.05) is 246 Å². The molecule has 5 heterocycles. The molecular formula is C110H142N5Si3+5. The van der Waals surface area contributed by atoms with Gasteiger partial charge in [0.2, 0.25) is 28.5 Å². The second kappa shape index (κ2) is 38.0. The van der Waals surface area contributed by atoms with Crippen LogP contribution in [0.2, 0.25) is 58.9 Å². The maximum Gasteiger partial charge on any atom is 0.212 e. The Morgan fingerprint density at radius 3 is 1.03 bits per heavy atom. The predicted octanol–water partition coefficient (Wildman–Crippen LogP) is 24.7. The molecule has 0 spiro atoms. The summed E-state index contributed by atoms with van der Waals surface area (Å²) in [6.07, 6.45) is 6.40. The molecule has 13 rings (SSSR count). The lowest BCUT2D eigenvalue weighted by molar-refractivity contribution is -0.661. The van der Waals surface area contributed by atoms with Crippen LogP contribution in [-0.2, 0) is 48.0 Å². The summed E-state index contributed by atoms with van der Waals surface area (Å²) in [4.78, 5) is 0. The number of hydrogen-bond donors (Lipinski definition) is 0. The minimum Gasteiger partial charge on any atom is -0.201 e. The number of nitrogens with zero attached hydrogens (tertiary/aromatic N) is 5. The van der Waals surface area contributed by atoms with Crippen molar-refractivity contribution in [3.05, 3.63) is 321 Å². The van der Waals surface area contributed by atoms with E-state index in [-0.39, 0.29) is 0 Å². The summed E-state index contributed by atoms with van der Waals surface area (Å²) in [6, 6.07) is 67.2. The van der Waals surface area contributed by atoms with Crippen molar-refractivity contribution >= 4 is 39.8 Å². The standard InChI is InChI=1S/C28H38NSi.C26H32N.C22H24N.2C17H24NSi/c1-20-15-21(2)25(17-24(20)22-13-11-10-12-14-22)26-16-23(18-28(3,4)5)27(19-29(26)6)30(7,8)9;1-18-14-25(27(7)17-22(18)16-26(4,5)6)24-15-23(19(2)13-20(24)3)21-11-9-8-10-12-21;1-15-12-22(23(5)14-18(15)4)21-13-20(16(2)11-17(21)3)19-9-7-6-8-10-19;1-13-7-10-17(18(3)12-13)16-9-8-15(11-14(16)2)19(4,5)6;1-13-9-10-18(3)17(11-13)16-8-7-15(12-14(16)2)19(4,5)6/h10-17,19H,18H2,1-9H3;8-15,17H,16H2,1-7H3;6-14H,1-5H3;2*7-12H,1-6H3/q5*+1/i1D3,18D2;2D3,16D2;2D3,4D3;1D3;. The van der Waals surface area contributed by atoms with E-state index in [9.17, 15) is 0 Å². The van der Waals surface area contributed by atoms with Gasteiger partial charge in [0.25, 0.3) is 0 Å². The molecule has 614 valence electrons. The average molecular weight is 1640 g/mol. The summed E-state index contributed by atoms with van der Waals surface area (Å²) in [6.45, 7) is 37.5. The maximum absolute atomic E-state index is 9.12. The highest BCUT2D eigenvalue weighted by atomic mass is 28.3. The molecule has 0 amide bonds. The van der Waals surface area contributed by atoms with Crippen molar-refractivity contribution in [2.24, 2.45) is 46.1 Å². The number of rotatable bonds is 13. The van der Waals surface area contributed by atoms with Gasteiger partial charge in [0.1, 0.15) is 35.2 Å². The summed E-state index contributed by atoms with van der Waals surface area (Å²) in [5.74, 6) is 0. The van der Waals surface area contributed by atoms with Gasteiger partial charge in [-0.1, -0.05) is 244 Å². The minimum atomic E-state index is -2.24. The minimum absolute atomic E-state index is 0.309. The van der Waals surface area contributed by atoms with Gasteiger partial charge in [-0.3, -0.25) is 0 Å². The van der Waals surface area contributed by atoms with Gasteiger partial charge in [0, 0.05) is 112 Å². The Bertz CT molecular complexity index is 6480. The summed E-state index contributed by atoms with van der Waals surface area (Å²) < 4.78 is 164. The number of hydrogen-bond acceptors (Lipinski definition) is 0. The summed E-state index contributed by atoms with van der Waals surface area (Å²) in [5.41, 5.74) is 24.7. The van der Waals surface area contributed by atoms with Gasteiger partial charge in [-0.2, -0.15) is 0 Å². The van der Waals surface area contributed by atoms with Crippen molar-refractivity contribution in [2.75, 3.05) is 0 Å². The largest absolute Gasteiger partial charge is 0.212 e. The average Bonchev–Trinajstić information content (AvgIpc) is 0.738. The van der Waals surface area contributed by atoms with Crippen LogP contribution in [-0.4, -0.2) is 24.2 Å². The lowest BCUT2D eigenvalue weighted by atomic mass is 9.86. The van der Waals surface area contributed by atoms with E-state index >= 15 is 0 Å². The number of aryl methyl sites for hydroxylation is 18. The highest BCUT2D eigenvalue weighted by molar-refractivity contribution is 6.89. The highest BCUT2D eigenvalue weighted by Crippen LogP contribution is 2.37. The zero-order valence-electron chi connectivity index (χ0n) is 94.8. The second-order valence-electron chi connectivity index (χ2n) is 37.2. The van der Waals surface area contributed by atoms with Gasteiger partial charge in [-0.25, -0.2) is 22.8 Å². The molecule has 0 radical (unpaired) electrons. The zero-order valence-corrected chi connectivity index (χ0v) is 78.8. The molecule has 0 aliphatic carbocycles. The van der Waals surface area contributed by atoms with Crippen molar-refractivity contribution in [3.8, 4) is 89.7 Å². The molecule has 13 aromatic rings. The normalized spacial score (nSPS) is 14.8. The first-order valence-electron chi connectivity index (χ1n) is 50.6. The fraction of sp³-hybridized carbons (Fsp3) is 0.336. The quantitative estimate of drug-likeness (QED) is 0.0810. The third-order valence-electron chi connectivity index (χ3n) is 21.4. The molecule has 5 aromatic heterocycles. The molecule has 8 heteroatoms. The summed E-state index contributed by atoms with van der Waals surface area (Å²) in [7, 11) is 5.32. The molecule has 0 N–H and O–H groups in total. The molecule has 118 heavy (non-hydrogen) atoms. The maximum atomic E-state index is 9.12. The van der Waals surface area contributed by atoms with E-state index < -0.39 is 82.1 Å². The van der Waals surface area contributed by atoms with Crippen molar-refractivity contribution in [2.45, 2.75) is 203 Å². The Morgan fingerprint density at radius 1 is 0.271 bits per heavy atom. The third kappa shape index (κ3) is 23.8. The van der Waals surface area contributed by atoms with Crippen LogP contribution < -0.4 is 38.4 Å². The van der Waals surface area contributed by atoms with Crippen molar-refractivity contribution in [1.82, 2.24) is 0 Å². The number of pyridine rings is 5. The predicted molar refractivity (Wildman–Crippen MR) is 518 cm³/mol. The van der Waals surface area contributed by atoms with Gasteiger partial charge < -0.3 is 0 Å². The van der Waals surface area contributed by atoms with Crippen LogP contribution in [0.4, 0.5) is 0 Å². The Hall–Kier alpha value is -9.84. The van der Waals surface area contributed by atoms with Gasteiger partial charge >= 0.3 is 0 Å². The fourth-order valence-corrected chi connectivity index (χ4v) is 18.8. The van der Waals surface area contributed by atoms with Crippen molar-refractivity contribution in [3.63, 3.8) is 0 Å². The van der Waals surface area contributed by atoms with Crippen LogP contribution >= 0.6 is 0 Å². The smallest absolute Gasteiger partial charge is 0.201 e. The second-order valence-corrected chi connectivity index (χ2v) is 52.4. The molecule has 0 aliphatic rings. The first-order chi connectivity index (χ1) is 62.7. The Kier molecular flexibility index (Phi) is 21.9. The molecule has 0 saturated carbocycles. The van der Waals surface area contributed by atoms with E-state index in [4.69, 9.17) is 26.0 Å². The topological polar surface area (TPSA) is 19.4 Å². The SMILES string of the molecule is Cc1cc[n+](C)c(-c2ccc([Si](C)(C)C)cc2C)c1.[2H]C([2H])([2H])c1c[n+](C)c(-c2cc(-c3ccccc3)c(C([2H])([2H])[2H])cc2C)cc1C.[2H]C([2H])([2H])c1cc(C)c(-c2cc(C([2H])([2H])C(C)(C)C)c([Si](C)(C)C)c[n+]2C)cc1-c1ccccc1.[2H]C([2H])([2H])c1cc(C)c(-c2cc(C)c(C([2H])([2H])C(C)(C)C)c[n+]2C)cc1-c1ccccc1.[2H]C([2H])([2H])c1ccc(-c2ccc([Si](C)(C)C)cc2C)[n+](C)c1. The molecule has 0 saturated heterocycles. The van der Waals surface area contributed by atoms with E-state index in [1.54, 1.807) is 48.1 Å². The van der Waals surface area contributed by atoms with Crippen LogP contribution in [0.5, 0.6) is 0 Å². The molecule has 0 atom stereocenters. The molecule has 0 bridgehead atoms. The number of benzene rings is 8. The first kappa shape index (κ1) is 68.0. The van der Waals surface area contributed by atoms with Crippen LogP contribution in [0.15, 0.2) is 237 Å². The van der Waals surface area contributed by atoms with Crippen LogP contribution in [0, 0.1) is 100 Å². The lowest BCUT2D eigenvalue weighted by Gasteiger charge is -2.25. The lowest BCUT2D eigenvalue weighted by Crippen LogP contribution is -2.47. The van der Waals surface area contributed by atoms with Crippen LogP contribution in [0.1, 0.15) is 151 Å². The van der Waals surface area contributed by atoms with E-state index in [0.29, 0.717) is 55.6 Å². The van der Waals surface area contributed by atoms with Gasteiger partial charge in [-0.05, 0) is 250 Å². The van der Waals surface area contributed by atoms with E-state index in [1.165, 1.54) is 38.3 Å². The van der Waals surface area contributed by atoms with Crippen LogP contribution in [0.3, 0.4) is 0 Å². The van der Waals surface area contributed by atoms with Gasteiger partial charge in [0.15, 0.2) is 31.0 Å². The molecular weight excluding hydrogens is 1480 g/mol. The van der Waals surface area contributed by atoms with Crippen molar-refractivity contribution in [1.29, 1.82) is 0 Å². The molecule has 0 fully saturated rings. The van der Waals surface area contributed by atoms with Crippen molar-refractivity contribution < 1.29 is 48.9 Å². The fourth-order valence-electron chi connectivity index (χ4n) is 14.8. The van der Waals surface area contributed by atoms with E-state index in [0.717, 1.165) is 94.7 Å². The Morgan fingerprint density at radius 2 is 0.644 bits per heavy atom. The van der Waals surface area contributed by atoms with Gasteiger partial charge in [-0.15, -0.1) is 0 Å². The van der Waals surface area contributed by atoms with Gasteiger partial charge in [0.05, 0.1) is 24.2 Å². The zero-order chi connectivity index (χ0) is 103. The highest BCUT2D eigenvalue weighted by Gasteiger charge is 2.30. The van der Waals surface area contributed by atoms with Crippen LogP contribution in [0.25, 0.3) is 89.7 Å². The molecule has 0 aliphatic heterocycles. The Labute approximate surface area is 744 Å². The number of aromatic nitrogens is 5. The third-order valence-corrected chi connectivity index (χ3v) is 27.5. The molecule has 8 aromatic carbocycles. The van der Waals surface area contributed by atoms with E-state index in [2.05, 4.69) is 157 Å². The summed E-state index contributed by atoms with van der Waals surface area (Å²) >= 11 is 0. The molecule has 5 nitrogen and oxygen atoms in total. The molecule has 0 unspecified atom stereocenters.